The highest BCUT2D eigenvalue weighted by molar-refractivity contribution is 6.28. The number of amides is 4. The van der Waals surface area contributed by atoms with Gasteiger partial charge >= 0.3 is 0 Å². The number of carbonyl (C=O) groups is 4. The number of nitrogens with zero attached hydrogens (tertiary/aromatic N) is 10. The summed E-state index contributed by atoms with van der Waals surface area (Å²) in [4.78, 5) is 80.7. The summed E-state index contributed by atoms with van der Waals surface area (Å²) in [6.45, 7) is 9.32. The van der Waals surface area contributed by atoms with Gasteiger partial charge in [-0.05, 0) is 140 Å². The molecule has 2 aliphatic carbocycles. The van der Waals surface area contributed by atoms with Crippen molar-refractivity contribution in [2.75, 3.05) is 112 Å². The third-order valence-electron chi connectivity index (χ3n) is 16.0. The fourth-order valence-corrected chi connectivity index (χ4v) is 11.4. The van der Waals surface area contributed by atoms with E-state index in [1.807, 2.05) is 19.9 Å². The lowest BCUT2D eigenvalue weighted by Crippen LogP contribution is -2.43. The van der Waals surface area contributed by atoms with Gasteiger partial charge in [-0.25, -0.2) is 9.97 Å². The van der Waals surface area contributed by atoms with E-state index in [9.17, 15) is 19.2 Å². The Morgan fingerprint density at radius 2 is 1.06 bits per heavy atom. The number of halogens is 1. The van der Waals surface area contributed by atoms with Crippen LogP contribution in [0.2, 0.25) is 5.28 Å². The number of nitrogen functional groups attached to an aromatic ring is 1. The van der Waals surface area contributed by atoms with Crippen molar-refractivity contribution in [3.8, 4) is 11.5 Å². The van der Waals surface area contributed by atoms with Crippen molar-refractivity contribution in [1.29, 1.82) is 0 Å². The van der Waals surface area contributed by atoms with E-state index in [1.54, 1.807) is 80.8 Å². The average molecular weight is 1080 g/mol. The second-order valence-corrected chi connectivity index (χ2v) is 22.0. The van der Waals surface area contributed by atoms with E-state index < -0.39 is 0 Å². The Morgan fingerprint density at radius 1 is 0.623 bits per heavy atom. The smallest absolute Gasteiger partial charge is 0.251 e. The number of methoxy groups -OCH3 is 2. The van der Waals surface area contributed by atoms with E-state index in [1.165, 1.54) is 25.7 Å². The summed E-state index contributed by atoms with van der Waals surface area (Å²) >= 11 is 5.97. The van der Waals surface area contributed by atoms with E-state index in [-0.39, 0.29) is 52.8 Å². The molecule has 77 heavy (non-hydrogen) atoms. The van der Waals surface area contributed by atoms with Crippen LogP contribution in [0.5, 0.6) is 11.5 Å². The van der Waals surface area contributed by atoms with E-state index in [0.29, 0.717) is 65.1 Å². The Morgan fingerprint density at radius 3 is 1.55 bits per heavy atom. The number of nitrogens with two attached hydrogens (primary N) is 1. The minimum atomic E-state index is -0.125. The lowest BCUT2D eigenvalue weighted by molar-refractivity contribution is -0.122. The van der Waals surface area contributed by atoms with Crippen molar-refractivity contribution in [3.05, 3.63) is 65.2 Å². The number of ether oxygens (including phenoxy) is 2. The highest BCUT2D eigenvalue weighted by Gasteiger charge is 2.37. The molecule has 6 aliphatic rings. The first-order chi connectivity index (χ1) is 37.0. The van der Waals surface area contributed by atoms with Crippen molar-refractivity contribution < 1.29 is 28.7 Å². The molecule has 0 radical (unpaired) electrons. The maximum atomic E-state index is 12.9. The zero-order valence-electron chi connectivity index (χ0n) is 46.2. The summed E-state index contributed by atoms with van der Waals surface area (Å²) in [5.41, 5.74) is 9.57. The van der Waals surface area contributed by atoms with E-state index in [2.05, 4.69) is 64.6 Å². The van der Waals surface area contributed by atoms with Gasteiger partial charge in [-0.15, -0.1) is 0 Å². The molecule has 416 valence electrons. The fraction of sp³-hybridized carbons (Fsp3) is 0.571. The van der Waals surface area contributed by atoms with Crippen LogP contribution in [-0.4, -0.2) is 159 Å². The van der Waals surface area contributed by atoms with Crippen LogP contribution >= 0.6 is 11.6 Å². The van der Waals surface area contributed by atoms with Gasteiger partial charge in [0.2, 0.25) is 23.0 Å². The van der Waals surface area contributed by atoms with E-state index >= 15 is 0 Å². The Kier molecular flexibility index (Phi) is 19.0. The molecule has 21 heteroatoms. The SMILES string of the molecule is CC1CN(C2CCCC2)c2nc(Cl)ncc2N(C)C1=O.COc1cc(C(=O)NC2CCN(C)CC2)ccc1N.COc1cc(C(=O)NC2CCN(C)CC2)ccc1Nc1ncc2c(n1)N(C1CCCC1)CC(C)C(=O)N2C. The molecule has 4 fully saturated rings. The van der Waals surface area contributed by atoms with Crippen LogP contribution in [0.15, 0.2) is 48.8 Å². The molecular formula is C56H79ClN14O6. The van der Waals surface area contributed by atoms with Gasteiger partial charge in [-0.2, -0.15) is 9.97 Å². The van der Waals surface area contributed by atoms with Gasteiger partial charge < -0.3 is 60.6 Å². The highest BCUT2D eigenvalue weighted by Crippen LogP contribution is 2.39. The van der Waals surface area contributed by atoms with E-state index in [0.717, 1.165) is 101 Å². The molecule has 2 saturated heterocycles. The van der Waals surface area contributed by atoms with Gasteiger partial charge in [-0.1, -0.05) is 39.5 Å². The number of carbonyl (C=O) groups excluding carboxylic acids is 4. The Balaban J connectivity index is 0.000000169. The largest absolute Gasteiger partial charge is 0.495 e. The highest BCUT2D eigenvalue weighted by atomic mass is 35.5. The zero-order chi connectivity index (χ0) is 54.9. The Hall–Kier alpha value is -6.51. The number of benzene rings is 2. The number of likely N-dealkylation sites (tertiary alicyclic amines) is 2. The van der Waals surface area contributed by atoms with Gasteiger partial charge in [0, 0.05) is 62.5 Å². The van der Waals surface area contributed by atoms with Crippen LogP contribution < -0.4 is 50.8 Å². The number of rotatable bonds is 10. The van der Waals surface area contributed by atoms with Crippen LogP contribution in [-0.2, 0) is 9.59 Å². The quantitative estimate of drug-likeness (QED) is 0.0927. The second-order valence-electron chi connectivity index (χ2n) is 21.6. The minimum Gasteiger partial charge on any atom is -0.495 e. The predicted octanol–water partition coefficient (Wildman–Crippen LogP) is 7.01. The fourth-order valence-electron chi connectivity index (χ4n) is 11.3. The van der Waals surface area contributed by atoms with Gasteiger partial charge in [0.05, 0.1) is 49.8 Å². The summed E-state index contributed by atoms with van der Waals surface area (Å²) in [5, 5.41) is 9.74. The molecule has 4 amide bonds. The molecule has 2 aromatic heterocycles. The molecule has 4 aromatic rings. The summed E-state index contributed by atoms with van der Waals surface area (Å²) in [7, 11) is 10.9. The molecule has 2 aromatic carbocycles. The summed E-state index contributed by atoms with van der Waals surface area (Å²) < 4.78 is 10.8. The van der Waals surface area contributed by atoms with Gasteiger partial charge in [0.25, 0.3) is 11.8 Å². The number of piperidine rings is 2. The van der Waals surface area contributed by atoms with Crippen molar-refractivity contribution in [2.45, 2.75) is 115 Å². The van der Waals surface area contributed by atoms with Crippen LogP contribution in [0.1, 0.15) is 112 Å². The van der Waals surface area contributed by atoms with Crippen LogP contribution in [0.25, 0.3) is 0 Å². The minimum absolute atomic E-state index is 0.0476. The topological polar surface area (TPSA) is 220 Å². The average Bonchev–Trinajstić information content (AvgIpc) is 4.20. The van der Waals surface area contributed by atoms with Gasteiger partial charge in [0.1, 0.15) is 22.9 Å². The van der Waals surface area contributed by atoms with Crippen molar-refractivity contribution >= 4 is 75.6 Å². The third kappa shape index (κ3) is 13.8. The molecule has 6 heterocycles. The summed E-state index contributed by atoms with van der Waals surface area (Å²) in [6, 6.07) is 11.7. The molecule has 0 spiro atoms. The number of anilines is 7. The predicted molar refractivity (Wildman–Crippen MR) is 303 cm³/mol. The lowest BCUT2D eigenvalue weighted by Gasteiger charge is -2.31. The normalized spacial score (nSPS) is 20.9. The molecule has 10 rings (SSSR count). The molecule has 5 N–H and O–H groups in total. The van der Waals surface area contributed by atoms with Crippen LogP contribution in [0.3, 0.4) is 0 Å². The van der Waals surface area contributed by atoms with E-state index in [4.69, 9.17) is 31.8 Å². The third-order valence-corrected chi connectivity index (χ3v) is 16.2. The first kappa shape index (κ1) is 56.7. The maximum absolute atomic E-state index is 12.9. The molecule has 4 aliphatic heterocycles. The Bertz CT molecular complexity index is 2710. The second kappa shape index (κ2) is 25.8. The number of nitrogens with one attached hydrogen (secondary N) is 3. The monoisotopic (exact) mass is 1080 g/mol. The molecule has 0 bridgehead atoms. The molecule has 20 nitrogen and oxygen atoms in total. The van der Waals surface area contributed by atoms with Gasteiger partial charge in [-0.3, -0.25) is 19.2 Å². The molecular weight excluding hydrogens is 1000 g/mol. The summed E-state index contributed by atoms with van der Waals surface area (Å²) in [5.74, 6) is 2.93. The Labute approximate surface area is 458 Å². The first-order valence-corrected chi connectivity index (χ1v) is 27.7. The standard InChI is InChI=1S/C28H39N7O3.C14H19ClN4O.C14H21N3O2/c1-18-17-35(21-7-5-6-8-21)25-23(34(3)27(18)37)16-29-28(32-25)31-22-10-9-19(15-24(22)38-4)26(36)30-20-11-13-33(2)14-12-20;1-9-8-19(10-5-3-4-6-10)12-11(18(2)13(9)20)7-16-14(15)17-12;1-17-7-5-11(6-8-17)16-14(18)10-3-4-12(15)13(9-10)19-2/h9-10,15-16,18,20-21H,5-8,11-14,17H2,1-4H3,(H,30,36)(H,29,31,32);7,9-10H,3-6,8H2,1-2H3;3-4,9,11H,5-8,15H2,1-2H3,(H,16,18). The molecule has 2 saturated carbocycles. The van der Waals surface area contributed by atoms with Gasteiger partial charge in [0.15, 0.2) is 11.6 Å². The van der Waals surface area contributed by atoms with Crippen molar-refractivity contribution in [2.24, 2.45) is 11.8 Å². The molecule has 2 unspecified atom stereocenters. The van der Waals surface area contributed by atoms with Crippen LogP contribution in [0.4, 0.5) is 40.3 Å². The molecule has 2 atom stereocenters. The number of hydrogen-bond acceptors (Lipinski definition) is 16. The van der Waals surface area contributed by atoms with Crippen molar-refractivity contribution in [1.82, 2.24) is 40.4 Å². The number of hydrogen-bond donors (Lipinski definition) is 4. The number of fused-ring (bicyclic) bond motifs is 2. The zero-order valence-corrected chi connectivity index (χ0v) is 46.9. The lowest BCUT2D eigenvalue weighted by atomic mass is 10.0. The maximum Gasteiger partial charge on any atom is 0.251 e. The van der Waals surface area contributed by atoms with Crippen molar-refractivity contribution in [3.63, 3.8) is 0 Å². The number of aromatic nitrogens is 4. The van der Waals surface area contributed by atoms with Crippen LogP contribution in [0, 0.1) is 11.8 Å². The first-order valence-electron chi connectivity index (χ1n) is 27.4. The summed E-state index contributed by atoms with van der Waals surface area (Å²) in [6.07, 6.45) is 16.7.